The molecule has 0 aliphatic heterocycles. The maximum Gasteiger partial charge on any atom is 0.251 e. The van der Waals surface area contributed by atoms with Crippen molar-refractivity contribution in [3.8, 4) is 11.5 Å². The molecule has 0 aliphatic carbocycles. The third-order valence-electron chi connectivity index (χ3n) is 3.90. The summed E-state index contributed by atoms with van der Waals surface area (Å²) in [6, 6.07) is 15.0. The number of fused-ring (bicyclic) bond motifs is 1. The van der Waals surface area contributed by atoms with Gasteiger partial charge in [0.1, 0.15) is 5.69 Å². The van der Waals surface area contributed by atoms with Crippen LogP contribution >= 0.6 is 0 Å². The van der Waals surface area contributed by atoms with Crippen LogP contribution in [-0.2, 0) is 6.54 Å². The first-order valence-electron chi connectivity index (χ1n) is 7.64. The third-order valence-corrected chi connectivity index (χ3v) is 3.90. The van der Waals surface area contributed by atoms with E-state index in [2.05, 4.69) is 15.3 Å². The minimum atomic E-state index is -0.124. The zero-order chi connectivity index (χ0) is 16.4. The van der Waals surface area contributed by atoms with E-state index < -0.39 is 0 Å². The van der Waals surface area contributed by atoms with Gasteiger partial charge in [0.2, 0.25) is 0 Å². The van der Waals surface area contributed by atoms with Gasteiger partial charge >= 0.3 is 0 Å². The number of furan rings is 1. The molecular weight excluding hydrogens is 302 g/mol. The van der Waals surface area contributed by atoms with E-state index in [-0.39, 0.29) is 5.91 Å². The fourth-order valence-corrected chi connectivity index (χ4v) is 2.68. The smallest absolute Gasteiger partial charge is 0.251 e. The number of pyridine rings is 1. The molecule has 1 aromatic carbocycles. The molecule has 4 aromatic rings. The summed E-state index contributed by atoms with van der Waals surface area (Å²) in [7, 11) is 0. The van der Waals surface area contributed by atoms with Crippen molar-refractivity contribution >= 4 is 16.8 Å². The lowest BCUT2D eigenvalue weighted by atomic mass is 10.1. The molecule has 0 fully saturated rings. The minimum absolute atomic E-state index is 0.124. The van der Waals surface area contributed by atoms with Crippen molar-refractivity contribution in [1.29, 1.82) is 0 Å². The van der Waals surface area contributed by atoms with Crippen LogP contribution in [0.3, 0.4) is 0 Å². The molecule has 1 amide bonds. The van der Waals surface area contributed by atoms with Gasteiger partial charge in [0, 0.05) is 35.6 Å². The lowest BCUT2D eigenvalue weighted by Gasteiger charge is -2.08. The summed E-state index contributed by atoms with van der Waals surface area (Å²) in [6.07, 6.45) is 5.18. The fourth-order valence-electron chi connectivity index (χ4n) is 2.68. The number of benzene rings is 1. The van der Waals surface area contributed by atoms with E-state index in [1.165, 1.54) is 0 Å². The molecule has 2 N–H and O–H groups in total. The molecule has 3 aromatic heterocycles. The van der Waals surface area contributed by atoms with Gasteiger partial charge in [-0.25, -0.2) is 0 Å². The number of aromatic nitrogens is 2. The predicted molar refractivity (Wildman–Crippen MR) is 91.4 cm³/mol. The highest BCUT2D eigenvalue weighted by atomic mass is 16.3. The van der Waals surface area contributed by atoms with Gasteiger partial charge in [-0.1, -0.05) is 12.1 Å². The van der Waals surface area contributed by atoms with Crippen molar-refractivity contribution in [2.75, 3.05) is 0 Å². The first-order chi connectivity index (χ1) is 11.8. The molecule has 0 aliphatic rings. The Bertz CT molecular complexity index is 987. The van der Waals surface area contributed by atoms with Gasteiger partial charge in [-0.2, -0.15) is 0 Å². The standard InChI is InChI=1S/C19H15N3O2/c23-19(14-6-5-13-7-9-20-16(13)11-14)22-12-15-3-1-8-21-18(15)17-4-2-10-24-17/h1-11,20H,12H2,(H,22,23). The summed E-state index contributed by atoms with van der Waals surface area (Å²) in [5.41, 5.74) is 3.21. The van der Waals surface area contributed by atoms with Gasteiger partial charge in [-0.3, -0.25) is 9.78 Å². The Labute approximate surface area is 138 Å². The second kappa shape index (κ2) is 6.04. The topological polar surface area (TPSA) is 70.9 Å². The van der Waals surface area contributed by atoms with E-state index in [1.54, 1.807) is 12.5 Å². The van der Waals surface area contributed by atoms with Gasteiger partial charge in [0.05, 0.1) is 6.26 Å². The molecule has 3 heterocycles. The van der Waals surface area contributed by atoms with Crippen LogP contribution in [0.1, 0.15) is 15.9 Å². The molecule has 0 radical (unpaired) electrons. The fraction of sp³-hybridized carbons (Fsp3) is 0.0526. The van der Waals surface area contributed by atoms with Gasteiger partial charge in [-0.15, -0.1) is 0 Å². The molecule has 24 heavy (non-hydrogen) atoms. The molecule has 0 saturated carbocycles. The van der Waals surface area contributed by atoms with Crippen LogP contribution in [0, 0.1) is 0 Å². The number of hydrogen-bond acceptors (Lipinski definition) is 3. The molecular formula is C19H15N3O2. The van der Waals surface area contributed by atoms with Gasteiger partial charge in [-0.05, 0) is 41.8 Å². The maximum absolute atomic E-state index is 12.4. The Kier molecular flexibility index (Phi) is 3.59. The average molecular weight is 317 g/mol. The quantitative estimate of drug-likeness (QED) is 0.602. The molecule has 118 valence electrons. The molecule has 0 atom stereocenters. The predicted octanol–water partition coefficient (Wildman–Crippen LogP) is 3.75. The molecule has 0 bridgehead atoms. The molecule has 0 saturated heterocycles. The first kappa shape index (κ1) is 14.3. The highest BCUT2D eigenvalue weighted by Gasteiger charge is 2.11. The molecule has 5 heteroatoms. The SMILES string of the molecule is O=C(NCc1cccnc1-c1ccco1)c1ccc2cc[nH]c2c1. The van der Waals surface area contributed by atoms with E-state index in [4.69, 9.17) is 4.42 Å². The van der Waals surface area contributed by atoms with Crippen molar-refractivity contribution in [2.24, 2.45) is 0 Å². The summed E-state index contributed by atoms with van der Waals surface area (Å²) in [5.74, 6) is 0.563. The van der Waals surface area contributed by atoms with Crippen LogP contribution in [-0.4, -0.2) is 15.9 Å². The van der Waals surface area contributed by atoms with Crippen LogP contribution in [0.15, 0.2) is 71.6 Å². The Morgan fingerprint density at radius 1 is 1.17 bits per heavy atom. The lowest BCUT2D eigenvalue weighted by molar-refractivity contribution is 0.0951. The Morgan fingerprint density at radius 3 is 3.00 bits per heavy atom. The van der Waals surface area contributed by atoms with Crippen molar-refractivity contribution in [2.45, 2.75) is 6.54 Å². The number of carbonyl (C=O) groups is 1. The molecule has 5 nitrogen and oxygen atoms in total. The highest BCUT2D eigenvalue weighted by Crippen LogP contribution is 2.21. The Hall–Kier alpha value is -3.34. The van der Waals surface area contributed by atoms with Gasteiger partial charge in [0.15, 0.2) is 5.76 Å². The normalized spacial score (nSPS) is 10.8. The van der Waals surface area contributed by atoms with E-state index in [0.29, 0.717) is 17.9 Å². The van der Waals surface area contributed by atoms with Crippen LogP contribution in [0.25, 0.3) is 22.4 Å². The highest BCUT2D eigenvalue weighted by molar-refractivity contribution is 5.97. The number of nitrogens with one attached hydrogen (secondary N) is 2. The average Bonchev–Trinajstić information content (AvgIpc) is 3.30. The van der Waals surface area contributed by atoms with Crippen LogP contribution in [0.4, 0.5) is 0 Å². The van der Waals surface area contributed by atoms with Crippen LogP contribution < -0.4 is 5.32 Å². The van der Waals surface area contributed by atoms with E-state index >= 15 is 0 Å². The van der Waals surface area contributed by atoms with Crippen molar-refractivity contribution in [1.82, 2.24) is 15.3 Å². The van der Waals surface area contributed by atoms with E-state index in [1.807, 2.05) is 54.7 Å². The Morgan fingerprint density at radius 2 is 2.12 bits per heavy atom. The molecule has 0 spiro atoms. The van der Waals surface area contributed by atoms with Crippen LogP contribution in [0.2, 0.25) is 0 Å². The number of amides is 1. The molecule has 0 unspecified atom stereocenters. The first-order valence-corrected chi connectivity index (χ1v) is 7.64. The number of hydrogen-bond donors (Lipinski definition) is 2. The monoisotopic (exact) mass is 317 g/mol. The van der Waals surface area contributed by atoms with E-state index in [9.17, 15) is 4.79 Å². The van der Waals surface area contributed by atoms with Gasteiger partial charge < -0.3 is 14.7 Å². The second-order valence-electron chi connectivity index (χ2n) is 5.45. The zero-order valence-electron chi connectivity index (χ0n) is 12.8. The zero-order valence-corrected chi connectivity index (χ0v) is 12.8. The molecule has 4 rings (SSSR count). The number of nitrogens with zero attached hydrogens (tertiary/aromatic N) is 1. The van der Waals surface area contributed by atoms with Crippen LogP contribution in [0.5, 0.6) is 0 Å². The number of aromatic amines is 1. The number of H-pyrrole nitrogens is 1. The maximum atomic E-state index is 12.4. The number of carbonyl (C=O) groups excluding carboxylic acids is 1. The van der Waals surface area contributed by atoms with Crippen molar-refractivity contribution in [3.05, 3.63) is 78.3 Å². The summed E-state index contributed by atoms with van der Waals surface area (Å²) < 4.78 is 5.41. The lowest BCUT2D eigenvalue weighted by Crippen LogP contribution is -2.23. The van der Waals surface area contributed by atoms with Gasteiger partial charge in [0.25, 0.3) is 5.91 Å². The van der Waals surface area contributed by atoms with Crippen molar-refractivity contribution in [3.63, 3.8) is 0 Å². The summed E-state index contributed by atoms with van der Waals surface area (Å²) >= 11 is 0. The summed E-state index contributed by atoms with van der Waals surface area (Å²) in [6.45, 7) is 0.380. The third kappa shape index (κ3) is 2.67. The minimum Gasteiger partial charge on any atom is -0.463 e. The second-order valence-corrected chi connectivity index (χ2v) is 5.45. The summed E-state index contributed by atoms with van der Waals surface area (Å²) in [4.78, 5) is 19.9. The largest absolute Gasteiger partial charge is 0.463 e. The summed E-state index contributed by atoms with van der Waals surface area (Å²) in [5, 5.41) is 4.02. The Balaban J connectivity index is 1.53. The van der Waals surface area contributed by atoms with E-state index in [0.717, 1.165) is 22.2 Å². The number of rotatable bonds is 4. The van der Waals surface area contributed by atoms with Crippen molar-refractivity contribution < 1.29 is 9.21 Å².